The zero-order valence-corrected chi connectivity index (χ0v) is 12.9. The molecule has 0 atom stereocenters. The summed E-state index contributed by atoms with van der Waals surface area (Å²) in [5.41, 5.74) is -0.216. The van der Waals surface area contributed by atoms with Crippen molar-refractivity contribution < 1.29 is 18.4 Å². The maximum absolute atomic E-state index is 14.9. The Morgan fingerprint density at radius 2 is 1.55 bits per heavy atom. The standard InChI is InChI=1S/C15H24BFO3/c1-13(2)14(3,4)20-16(19-13)12(17)11-5-6-15(11)7-9-18-10-8-15/h5-10H2,1-4H3. The number of ether oxygens (including phenoxy) is 1. The summed E-state index contributed by atoms with van der Waals surface area (Å²) in [6, 6.07) is 0. The first-order chi connectivity index (χ1) is 9.28. The van der Waals surface area contributed by atoms with E-state index >= 15 is 0 Å². The first-order valence-corrected chi connectivity index (χ1v) is 7.60. The molecule has 1 saturated carbocycles. The Kier molecular flexibility index (Phi) is 3.31. The van der Waals surface area contributed by atoms with Crippen LogP contribution in [0.4, 0.5) is 4.39 Å². The van der Waals surface area contributed by atoms with Crippen LogP contribution in [0.25, 0.3) is 0 Å². The van der Waals surface area contributed by atoms with E-state index in [1.165, 1.54) is 0 Å². The number of halogens is 1. The predicted molar refractivity (Wildman–Crippen MR) is 75.9 cm³/mol. The normalized spacial score (nSPS) is 33.1. The Bertz CT molecular complexity index is 422. The van der Waals surface area contributed by atoms with Crippen LogP contribution < -0.4 is 0 Å². The van der Waals surface area contributed by atoms with Crippen molar-refractivity contribution in [2.45, 2.75) is 64.6 Å². The molecule has 3 rings (SSSR count). The van der Waals surface area contributed by atoms with Crippen LogP contribution in [-0.4, -0.2) is 31.5 Å². The van der Waals surface area contributed by atoms with Gasteiger partial charge in [-0.25, -0.2) is 4.39 Å². The molecule has 3 fully saturated rings. The predicted octanol–water partition coefficient (Wildman–Crippen LogP) is 3.43. The van der Waals surface area contributed by atoms with Crippen molar-refractivity contribution in [3.05, 3.63) is 11.3 Å². The molecule has 0 bridgehead atoms. The molecule has 0 N–H and O–H groups in total. The van der Waals surface area contributed by atoms with Gasteiger partial charge in [-0.15, -0.1) is 0 Å². The van der Waals surface area contributed by atoms with E-state index < -0.39 is 18.3 Å². The van der Waals surface area contributed by atoms with Gasteiger partial charge in [0.05, 0.1) is 11.2 Å². The highest BCUT2D eigenvalue weighted by Crippen LogP contribution is 2.55. The van der Waals surface area contributed by atoms with E-state index in [0.29, 0.717) is 0 Å². The van der Waals surface area contributed by atoms with Crippen LogP contribution in [0.2, 0.25) is 0 Å². The van der Waals surface area contributed by atoms with E-state index in [-0.39, 0.29) is 11.1 Å². The lowest BCUT2D eigenvalue weighted by molar-refractivity contribution is 0.00578. The third kappa shape index (κ3) is 2.06. The fourth-order valence-corrected chi connectivity index (χ4v) is 3.38. The molecule has 3 aliphatic rings. The Balaban J connectivity index is 1.83. The topological polar surface area (TPSA) is 27.7 Å². The zero-order valence-electron chi connectivity index (χ0n) is 12.9. The lowest BCUT2D eigenvalue weighted by atomic mass is 9.57. The summed E-state index contributed by atoms with van der Waals surface area (Å²) in [7, 11) is -0.838. The molecule has 1 aliphatic carbocycles. The fourth-order valence-electron chi connectivity index (χ4n) is 3.38. The average Bonchev–Trinajstić information content (AvgIpc) is 2.58. The SMILES string of the molecule is CC1(C)OB(C(F)=C2CCC23CCOCC3)OC1(C)C. The van der Waals surface area contributed by atoms with Crippen molar-refractivity contribution in [2.75, 3.05) is 13.2 Å². The van der Waals surface area contributed by atoms with Crippen LogP contribution in [0.3, 0.4) is 0 Å². The second-order valence-electron chi connectivity index (χ2n) is 7.31. The van der Waals surface area contributed by atoms with Crippen LogP contribution in [0.1, 0.15) is 53.4 Å². The summed E-state index contributed by atoms with van der Waals surface area (Å²) >= 11 is 0. The molecular formula is C15H24BFO3. The van der Waals surface area contributed by atoms with Crippen LogP contribution in [0.15, 0.2) is 11.3 Å². The van der Waals surface area contributed by atoms with Crippen LogP contribution in [0, 0.1) is 5.41 Å². The van der Waals surface area contributed by atoms with Gasteiger partial charge in [0.25, 0.3) is 0 Å². The van der Waals surface area contributed by atoms with Gasteiger partial charge in [0.2, 0.25) is 0 Å². The Morgan fingerprint density at radius 1 is 1.00 bits per heavy atom. The monoisotopic (exact) mass is 282 g/mol. The van der Waals surface area contributed by atoms with E-state index in [0.717, 1.165) is 44.5 Å². The molecule has 0 unspecified atom stereocenters. The summed E-state index contributed by atoms with van der Waals surface area (Å²) in [6.45, 7) is 9.29. The van der Waals surface area contributed by atoms with Gasteiger partial charge in [0.15, 0.2) is 0 Å². The molecule has 1 spiro atoms. The molecule has 2 aliphatic heterocycles. The zero-order chi connectivity index (χ0) is 14.6. The highest BCUT2D eigenvalue weighted by Gasteiger charge is 2.56. The maximum Gasteiger partial charge on any atom is 0.525 e. The third-order valence-electron chi connectivity index (χ3n) is 5.69. The van der Waals surface area contributed by atoms with E-state index in [1.807, 2.05) is 27.7 Å². The first kappa shape index (κ1) is 14.5. The number of rotatable bonds is 1. The van der Waals surface area contributed by atoms with E-state index in [1.54, 1.807) is 0 Å². The van der Waals surface area contributed by atoms with Crippen molar-refractivity contribution in [1.82, 2.24) is 0 Å². The summed E-state index contributed by atoms with van der Waals surface area (Å²) in [5.74, 6) is 0. The van der Waals surface area contributed by atoms with Gasteiger partial charge in [0.1, 0.15) is 5.73 Å². The van der Waals surface area contributed by atoms with E-state index in [4.69, 9.17) is 14.0 Å². The number of hydrogen-bond acceptors (Lipinski definition) is 3. The lowest BCUT2D eigenvalue weighted by Gasteiger charge is -2.47. The van der Waals surface area contributed by atoms with Crippen molar-refractivity contribution in [1.29, 1.82) is 0 Å². The first-order valence-electron chi connectivity index (χ1n) is 7.60. The Labute approximate surface area is 121 Å². The summed E-state index contributed by atoms with van der Waals surface area (Å²) in [6.07, 6.45) is 3.75. The molecular weight excluding hydrogens is 258 g/mol. The van der Waals surface area contributed by atoms with Crippen molar-refractivity contribution >= 4 is 7.12 Å². The quantitative estimate of drug-likeness (QED) is 0.690. The van der Waals surface area contributed by atoms with Gasteiger partial charge in [0, 0.05) is 13.2 Å². The van der Waals surface area contributed by atoms with E-state index in [2.05, 4.69) is 0 Å². The van der Waals surface area contributed by atoms with Crippen molar-refractivity contribution in [3.63, 3.8) is 0 Å². The highest BCUT2D eigenvalue weighted by atomic mass is 19.1. The van der Waals surface area contributed by atoms with Gasteiger partial charge in [-0.1, -0.05) is 0 Å². The molecule has 0 amide bonds. The van der Waals surface area contributed by atoms with Gasteiger partial charge >= 0.3 is 7.12 Å². The molecule has 0 aromatic rings. The summed E-state index contributed by atoms with van der Waals surface area (Å²) < 4.78 is 31.9. The van der Waals surface area contributed by atoms with Crippen LogP contribution >= 0.6 is 0 Å². The molecule has 5 heteroatoms. The molecule has 20 heavy (non-hydrogen) atoms. The average molecular weight is 282 g/mol. The van der Waals surface area contributed by atoms with Crippen LogP contribution in [-0.2, 0) is 14.0 Å². The minimum absolute atomic E-state index is 0.0198. The largest absolute Gasteiger partial charge is 0.525 e. The molecule has 0 radical (unpaired) electrons. The fraction of sp³-hybridized carbons (Fsp3) is 0.867. The molecule has 112 valence electrons. The molecule has 2 saturated heterocycles. The third-order valence-corrected chi connectivity index (χ3v) is 5.69. The number of hydrogen-bond donors (Lipinski definition) is 0. The number of allylic oxidation sites excluding steroid dienone is 1. The van der Waals surface area contributed by atoms with Crippen LogP contribution in [0.5, 0.6) is 0 Å². The minimum Gasteiger partial charge on any atom is -0.398 e. The molecule has 0 aromatic carbocycles. The Hall–Kier alpha value is -0.385. The maximum atomic E-state index is 14.9. The van der Waals surface area contributed by atoms with Crippen molar-refractivity contribution in [3.8, 4) is 0 Å². The second kappa shape index (κ2) is 4.55. The van der Waals surface area contributed by atoms with Gasteiger partial charge in [-0.3, -0.25) is 0 Å². The minimum atomic E-state index is -0.838. The molecule has 2 heterocycles. The smallest absolute Gasteiger partial charge is 0.398 e. The van der Waals surface area contributed by atoms with Gasteiger partial charge in [-0.2, -0.15) is 0 Å². The Morgan fingerprint density at radius 3 is 2.00 bits per heavy atom. The van der Waals surface area contributed by atoms with Crippen molar-refractivity contribution in [2.24, 2.45) is 5.41 Å². The van der Waals surface area contributed by atoms with E-state index in [9.17, 15) is 4.39 Å². The molecule has 3 nitrogen and oxygen atoms in total. The van der Waals surface area contributed by atoms with Gasteiger partial charge in [-0.05, 0) is 64.4 Å². The molecule has 0 aromatic heterocycles. The van der Waals surface area contributed by atoms with Gasteiger partial charge < -0.3 is 14.0 Å². The summed E-state index contributed by atoms with van der Waals surface area (Å²) in [5, 5.41) is 0. The highest BCUT2D eigenvalue weighted by molar-refractivity contribution is 6.54. The lowest BCUT2D eigenvalue weighted by Crippen LogP contribution is -2.41. The summed E-state index contributed by atoms with van der Waals surface area (Å²) in [4.78, 5) is 0. The second-order valence-corrected chi connectivity index (χ2v) is 7.31.